The maximum atomic E-state index is 11.6. The maximum absolute atomic E-state index is 11.6. The number of carbonyl (C=O) groups excluding carboxylic acids is 1. The van der Waals surface area contributed by atoms with Crippen molar-refractivity contribution in [1.82, 2.24) is 10.3 Å². The second kappa shape index (κ2) is 9.99. The van der Waals surface area contributed by atoms with Crippen molar-refractivity contribution < 1.29 is 14.3 Å². The summed E-state index contributed by atoms with van der Waals surface area (Å²) in [5.74, 6) is 1.99. The first kappa shape index (κ1) is 22.6. The Hall–Kier alpha value is -3.16. The number of pyridine rings is 1. The van der Waals surface area contributed by atoms with Crippen LogP contribution in [0.3, 0.4) is 0 Å². The first-order valence-electron chi connectivity index (χ1n) is 12.0. The van der Waals surface area contributed by atoms with Gasteiger partial charge in [0.1, 0.15) is 11.5 Å². The van der Waals surface area contributed by atoms with E-state index in [4.69, 9.17) is 15.2 Å². The van der Waals surface area contributed by atoms with E-state index >= 15 is 0 Å². The van der Waals surface area contributed by atoms with Gasteiger partial charge in [-0.3, -0.25) is 9.78 Å². The summed E-state index contributed by atoms with van der Waals surface area (Å²) in [6.45, 7) is 0.858. The Bertz CT molecular complexity index is 1170. The number of anilines is 1. The van der Waals surface area contributed by atoms with Gasteiger partial charge in [0, 0.05) is 30.2 Å². The standard InChI is InChI=1S/C27H32N4O3/c1-33-21-7-8-24-22(14-21)19(10-11-29-24)13-23(28)18-3-5-20(6-4-18)30-15-17-2-9-26-25(12-17)31-27(32)16-34-26/h2,7-12,14,18,20,23,30H,3-6,13,15-16,28H2,1H3,(H,31,32)/t18?,20?,23-/m0/s1. The van der Waals surface area contributed by atoms with Gasteiger partial charge in [-0.15, -0.1) is 0 Å². The third-order valence-electron chi connectivity index (χ3n) is 7.14. The van der Waals surface area contributed by atoms with Crippen LogP contribution in [0.2, 0.25) is 0 Å². The second-order valence-electron chi connectivity index (χ2n) is 9.38. The number of ether oxygens (including phenoxy) is 2. The third kappa shape index (κ3) is 5.00. The number of nitrogens with one attached hydrogen (secondary N) is 2. The molecule has 3 aromatic rings. The third-order valence-corrected chi connectivity index (χ3v) is 7.14. The fourth-order valence-corrected chi connectivity index (χ4v) is 5.16. The molecule has 0 radical (unpaired) electrons. The Kier molecular flexibility index (Phi) is 6.65. The molecule has 0 spiro atoms. The van der Waals surface area contributed by atoms with Crippen molar-refractivity contribution in [3.8, 4) is 11.5 Å². The van der Waals surface area contributed by atoms with E-state index in [1.54, 1.807) is 7.11 Å². The lowest BCUT2D eigenvalue weighted by Gasteiger charge is -2.33. The molecule has 7 nitrogen and oxygen atoms in total. The highest BCUT2D eigenvalue weighted by molar-refractivity contribution is 5.95. The molecule has 1 saturated carbocycles. The minimum Gasteiger partial charge on any atom is -0.497 e. The summed E-state index contributed by atoms with van der Waals surface area (Å²) in [6.07, 6.45) is 7.20. The van der Waals surface area contributed by atoms with Crippen LogP contribution in [-0.2, 0) is 17.8 Å². The fraction of sp³-hybridized carbons (Fsp3) is 0.407. The van der Waals surface area contributed by atoms with Crippen LogP contribution >= 0.6 is 0 Å². The van der Waals surface area contributed by atoms with E-state index in [1.807, 2.05) is 30.5 Å². The van der Waals surface area contributed by atoms with E-state index in [0.29, 0.717) is 12.0 Å². The van der Waals surface area contributed by atoms with Crippen LogP contribution in [0.4, 0.5) is 5.69 Å². The minimum atomic E-state index is -0.105. The number of hydrogen-bond donors (Lipinski definition) is 3. The molecule has 1 fully saturated rings. The molecule has 0 saturated heterocycles. The Morgan fingerprint density at radius 2 is 2.03 bits per heavy atom. The Balaban J connectivity index is 1.14. The van der Waals surface area contributed by atoms with Crippen LogP contribution < -0.4 is 25.8 Å². The van der Waals surface area contributed by atoms with E-state index in [2.05, 4.69) is 33.8 Å². The molecular weight excluding hydrogens is 428 g/mol. The molecule has 1 aliphatic heterocycles. The van der Waals surface area contributed by atoms with Crippen LogP contribution in [0.25, 0.3) is 10.9 Å². The molecule has 2 heterocycles. The van der Waals surface area contributed by atoms with E-state index in [9.17, 15) is 4.79 Å². The van der Waals surface area contributed by atoms with Gasteiger partial charge in [-0.2, -0.15) is 0 Å². The predicted molar refractivity (Wildman–Crippen MR) is 133 cm³/mol. The minimum absolute atomic E-state index is 0.0849. The number of rotatable bonds is 7. The van der Waals surface area contributed by atoms with Gasteiger partial charge >= 0.3 is 0 Å². The summed E-state index contributed by atoms with van der Waals surface area (Å²) in [4.78, 5) is 16.1. The lowest BCUT2D eigenvalue weighted by molar-refractivity contribution is -0.118. The number of fused-ring (bicyclic) bond motifs is 2. The number of hydrogen-bond acceptors (Lipinski definition) is 6. The highest BCUT2D eigenvalue weighted by Crippen LogP contribution is 2.31. The van der Waals surface area contributed by atoms with Crippen molar-refractivity contribution in [2.75, 3.05) is 19.0 Å². The molecule has 1 aromatic heterocycles. The Morgan fingerprint density at radius 1 is 1.18 bits per heavy atom. The lowest BCUT2D eigenvalue weighted by atomic mass is 9.79. The van der Waals surface area contributed by atoms with Crippen LogP contribution in [0.1, 0.15) is 36.8 Å². The van der Waals surface area contributed by atoms with Crippen molar-refractivity contribution in [3.05, 3.63) is 59.8 Å². The second-order valence-corrected chi connectivity index (χ2v) is 9.38. The lowest BCUT2D eigenvalue weighted by Crippen LogP contribution is -2.39. The van der Waals surface area contributed by atoms with Crippen molar-refractivity contribution in [2.45, 2.75) is 50.7 Å². The zero-order valence-electron chi connectivity index (χ0n) is 19.5. The van der Waals surface area contributed by atoms with Crippen molar-refractivity contribution >= 4 is 22.5 Å². The Morgan fingerprint density at radius 3 is 2.85 bits per heavy atom. The van der Waals surface area contributed by atoms with Crippen LogP contribution in [0.5, 0.6) is 11.5 Å². The molecule has 34 heavy (non-hydrogen) atoms. The van der Waals surface area contributed by atoms with Crippen LogP contribution in [0.15, 0.2) is 48.7 Å². The summed E-state index contributed by atoms with van der Waals surface area (Å²) in [5.41, 5.74) is 10.8. The first-order chi connectivity index (χ1) is 16.6. The fourth-order valence-electron chi connectivity index (χ4n) is 5.16. The molecule has 7 heteroatoms. The average Bonchev–Trinajstić information content (AvgIpc) is 2.87. The van der Waals surface area contributed by atoms with Gasteiger partial charge in [0.15, 0.2) is 6.61 Å². The van der Waals surface area contributed by atoms with Crippen molar-refractivity contribution in [1.29, 1.82) is 0 Å². The number of amides is 1. The number of methoxy groups -OCH3 is 1. The smallest absolute Gasteiger partial charge is 0.262 e. The van der Waals surface area contributed by atoms with E-state index in [1.165, 1.54) is 5.56 Å². The van der Waals surface area contributed by atoms with Gasteiger partial charge < -0.3 is 25.8 Å². The first-order valence-corrected chi connectivity index (χ1v) is 12.0. The van der Waals surface area contributed by atoms with E-state index in [0.717, 1.165) is 72.3 Å². The van der Waals surface area contributed by atoms with Gasteiger partial charge in [0.2, 0.25) is 0 Å². The van der Waals surface area contributed by atoms with Gasteiger partial charge in [-0.05, 0) is 85.5 Å². The van der Waals surface area contributed by atoms with Gasteiger partial charge in [0.05, 0.1) is 18.3 Å². The molecule has 5 rings (SSSR count). The number of nitrogens with zero attached hydrogens (tertiary/aromatic N) is 1. The van der Waals surface area contributed by atoms with Crippen LogP contribution in [0, 0.1) is 5.92 Å². The van der Waals surface area contributed by atoms with E-state index < -0.39 is 0 Å². The number of aromatic nitrogens is 1. The molecule has 178 valence electrons. The van der Waals surface area contributed by atoms with Gasteiger partial charge in [-0.25, -0.2) is 0 Å². The molecule has 0 unspecified atom stereocenters. The molecule has 2 aromatic carbocycles. The highest BCUT2D eigenvalue weighted by Gasteiger charge is 2.26. The quantitative estimate of drug-likeness (QED) is 0.496. The summed E-state index contributed by atoms with van der Waals surface area (Å²) in [5, 5.41) is 7.69. The highest BCUT2D eigenvalue weighted by atomic mass is 16.5. The SMILES string of the molecule is COc1ccc2nccc(C[C@H](N)C3CCC(NCc4ccc5c(c4)NC(=O)CO5)CC3)c2c1. The summed E-state index contributed by atoms with van der Waals surface area (Å²) in [7, 11) is 1.69. The molecule has 1 amide bonds. The van der Waals surface area contributed by atoms with Crippen molar-refractivity contribution in [3.63, 3.8) is 0 Å². The Labute approximate surface area is 200 Å². The van der Waals surface area contributed by atoms with Crippen molar-refractivity contribution in [2.24, 2.45) is 11.7 Å². The molecular formula is C27H32N4O3. The number of carbonyl (C=O) groups is 1. The summed E-state index contributed by atoms with van der Waals surface area (Å²) < 4.78 is 10.8. The predicted octanol–water partition coefficient (Wildman–Crippen LogP) is 3.79. The molecule has 0 bridgehead atoms. The monoisotopic (exact) mass is 460 g/mol. The molecule has 1 aliphatic carbocycles. The summed E-state index contributed by atoms with van der Waals surface area (Å²) >= 11 is 0. The molecule has 2 aliphatic rings. The zero-order valence-corrected chi connectivity index (χ0v) is 19.5. The number of benzene rings is 2. The van der Waals surface area contributed by atoms with E-state index in [-0.39, 0.29) is 18.6 Å². The van der Waals surface area contributed by atoms with Gasteiger partial charge in [-0.1, -0.05) is 6.07 Å². The molecule has 1 atom stereocenters. The largest absolute Gasteiger partial charge is 0.497 e. The summed E-state index contributed by atoms with van der Waals surface area (Å²) in [6, 6.07) is 14.7. The molecule has 4 N–H and O–H groups in total. The van der Waals surface area contributed by atoms with Gasteiger partial charge in [0.25, 0.3) is 5.91 Å². The number of nitrogens with two attached hydrogens (primary N) is 1. The average molecular weight is 461 g/mol. The zero-order chi connectivity index (χ0) is 23.5. The van der Waals surface area contributed by atoms with Crippen LogP contribution in [-0.4, -0.2) is 36.7 Å². The normalized spacial score (nSPS) is 20.8. The maximum Gasteiger partial charge on any atom is 0.262 e. The topological polar surface area (TPSA) is 98.5 Å².